The highest BCUT2D eigenvalue weighted by Gasteiger charge is 2.02. The standard InChI is InChI=1S/C12H13F2N3/c1-17-3-2-16-12(17)8-15-7-9-4-10(13)6-11(14)5-9/h2-6,15H,7-8H2,1H3. The summed E-state index contributed by atoms with van der Waals surface area (Å²) in [5.41, 5.74) is 0.580. The third-order valence-corrected chi connectivity index (χ3v) is 2.46. The Balaban J connectivity index is 1.92. The van der Waals surface area contributed by atoms with E-state index in [0.717, 1.165) is 11.9 Å². The predicted octanol–water partition coefficient (Wildman–Crippen LogP) is 1.99. The maximum Gasteiger partial charge on any atom is 0.126 e. The molecule has 0 atom stereocenters. The van der Waals surface area contributed by atoms with Crippen molar-refractivity contribution < 1.29 is 8.78 Å². The van der Waals surface area contributed by atoms with Crippen molar-refractivity contribution in [2.24, 2.45) is 7.05 Å². The van der Waals surface area contributed by atoms with Gasteiger partial charge in [-0.2, -0.15) is 0 Å². The van der Waals surface area contributed by atoms with Crippen molar-refractivity contribution in [3.8, 4) is 0 Å². The van der Waals surface area contributed by atoms with Gasteiger partial charge in [0, 0.05) is 32.1 Å². The summed E-state index contributed by atoms with van der Waals surface area (Å²) in [5, 5.41) is 3.08. The summed E-state index contributed by atoms with van der Waals surface area (Å²) in [4.78, 5) is 4.13. The molecule has 0 amide bonds. The molecule has 5 heteroatoms. The van der Waals surface area contributed by atoms with E-state index in [2.05, 4.69) is 10.3 Å². The monoisotopic (exact) mass is 237 g/mol. The minimum absolute atomic E-state index is 0.404. The average Bonchev–Trinajstić information content (AvgIpc) is 2.63. The van der Waals surface area contributed by atoms with Gasteiger partial charge in [0.15, 0.2) is 0 Å². The van der Waals surface area contributed by atoms with Crippen molar-refractivity contribution in [2.75, 3.05) is 0 Å². The third kappa shape index (κ3) is 3.10. The number of halogens is 2. The van der Waals surface area contributed by atoms with Gasteiger partial charge in [-0.1, -0.05) is 0 Å². The fraction of sp³-hybridized carbons (Fsp3) is 0.250. The van der Waals surface area contributed by atoms with E-state index in [0.29, 0.717) is 18.7 Å². The second-order valence-corrected chi connectivity index (χ2v) is 3.84. The van der Waals surface area contributed by atoms with Gasteiger partial charge in [0.1, 0.15) is 17.5 Å². The molecule has 17 heavy (non-hydrogen) atoms. The first-order chi connectivity index (χ1) is 8.15. The van der Waals surface area contributed by atoms with E-state index in [1.807, 2.05) is 17.8 Å². The number of benzene rings is 1. The lowest BCUT2D eigenvalue weighted by atomic mass is 10.2. The van der Waals surface area contributed by atoms with Gasteiger partial charge in [-0.25, -0.2) is 13.8 Å². The minimum atomic E-state index is -0.557. The summed E-state index contributed by atoms with van der Waals surface area (Å²) in [5.74, 6) is -0.237. The number of aromatic nitrogens is 2. The van der Waals surface area contributed by atoms with Crippen molar-refractivity contribution >= 4 is 0 Å². The van der Waals surface area contributed by atoms with Gasteiger partial charge in [-0.15, -0.1) is 0 Å². The number of hydrogen-bond acceptors (Lipinski definition) is 2. The zero-order valence-corrected chi connectivity index (χ0v) is 9.45. The van der Waals surface area contributed by atoms with Crippen LogP contribution in [0.15, 0.2) is 30.6 Å². The molecule has 0 unspecified atom stereocenters. The molecule has 0 aliphatic carbocycles. The van der Waals surface area contributed by atoms with Crippen molar-refractivity contribution in [3.05, 3.63) is 53.6 Å². The molecule has 0 saturated heterocycles. The molecule has 1 heterocycles. The van der Waals surface area contributed by atoms with Crippen LogP contribution >= 0.6 is 0 Å². The maximum atomic E-state index is 12.9. The van der Waals surface area contributed by atoms with Crippen LogP contribution in [0.3, 0.4) is 0 Å². The van der Waals surface area contributed by atoms with Crippen LogP contribution in [0.25, 0.3) is 0 Å². The van der Waals surface area contributed by atoms with Crippen molar-refractivity contribution in [3.63, 3.8) is 0 Å². The lowest BCUT2D eigenvalue weighted by molar-refractivity contribution is 0.572. The van der Waals surface area contributed by atoms with Gasteiger partial charge in [0.2, 0.25) is 0 Å². The zero-order chi connectivity index (χ0) is 12.3. The second kappa shape index (κ2) is 5.05. The van der Waals surface area contributed by atoms with Crippen LogP contribution in [0.2, 0.25) is 0 Å². The Bertz CT molecular complexity index is 488. The van der Waals surface area contributed by atoms with E-state index in [4.69, 9.17) is 0 Å². The maximum absolute atomic E-state index is 12.9. The lowest BCUT2D eigenvalue weighted by Gasteiger charge is -2.05. The normalized spacial score (nSPS) is 10.8. The summed E-state index contributed by atoms with van der Waals surface area (Å²) < 4.78 is 27.7. The van der Waals surface area contributed by atoms with E-state index >= 15 is 0 Å². The fourth-order valence-electron chi connectivity index (χ4n) is 1.60. The molecule has 1 aromatic heterocycles. The van der Waals surface area contributed by atoms with Gasteiger partial charge in [-0.05, 0) is 17.7 Å². The van der Waals surface area contributed by atoms with Crippen molar-refractivity contribution in [1.82, 2.24) is 14.9 Å². The number of hydrogen-bond donors (Lipinski definition) is 1. The Morgan fingerprint density at radius 2 is 1.88 bits per heavy atom. The molecule has 0 spiro atoms. The largest absolute Gasteiger partial charge is 0.337 e. The topological polar surface area (TPSA) is 29.9 Å². The van der Waals surface area contributed by atoms with E-state index in [9.17, 15) is 8.78 Å². The summed E-state index contributed by atoms with van der Waals surface area (Å²) in [6.07, 6.45) is 3.55. The summed E-state index contributed by atoms with van der Waals surface area (Å²) in [7, 11) is 1.89. The van der Waals surface area contributed by atoms with E-state index in [1.54, 1.807) is 6.20 Å². The van der Waals surface area contributed by atoms with Gasteiger partial charge in [0.05, 0.1) is 6.54 Å². The number of rotatable bonds is 4. The van der Waals surface area contributed by atoms with Crippen LogP contribution in [0.5, 0.6) is 0 Å². The number of nitrogens with zero attached hydrogens (tertiary/aromatic N) is 2. The first kappa shape index (κ1) is 11.7. The number of aryl methyl sites for hydroxylation is 1. The summed E-state index contributed by atoms with van der Waals surface area (Å²) >= 11 is 0. The Hall–Kier alpha value is -1.75. The van der Waals surface area contributed by atoms with Crippen LogP contribution in [-0.4, -0.2) is 9.55 Å². The van der Waals surface area contributed by atoms with Crippen LogP contribution in [-0.2, 0) is 20.1 Å². The first-order valence-corrected chi connectivity index (χ1v) is 5.27. The SMILES string of the molecule is Cn1ccnc1CNCc1cc(F)cc(F)c1. The van der Waals surface area contributed by atoms with Crippen LogP contribution in [0, 0.1) is 11.6 Å². The average molecular weight is 237 g/mol. The molecule has 1 aromatic carbocycles. The van der Waals surface area contributed by atoms with E-state index < -0.39 is 11.6 Å². The van der Waals surface area contributed by atoms with Gasteiger partial charge >= 0.3 is 0 Å². The Morgan fingerprint density at radius 3 is 2.47 bits per heavy atom. The molecule has 2 rings (SSSR count). The molecule has 1 N–H and O–H groups in total. The Morgan fingerprint density at radius 1 is 1.18 bits per heavy atom. The highest BCUT2D eigenvalue weighted by molar-refractivity contribution is 5.17. The summed E-state index contributed by atoms with van der Waals surface area (Å²) in [6.45, 7) is 0.961. The second-order valence-electron chi connectivity index (χ2n) is 3.84. The molecule has 0 radical (unpaired) electrons. The Labute approximate surface area is 98.1 Å². The number of imidazole rings is 1. The highest BCUT2D eigenvalue weighted by atomic mass is 19.1. The smallest absolute Gasteiger partial charge is 0.126 e. The molecule has 0 aliphatic rings. The van der Waals surface area contributed by atoms with Crippen LogP contribution in [0.4, 0.5) is 8.78 Å². The Kier molecular flexibility index (Phi) is 3.49. The zero-order valence-electron chi connectivity index (χ0n) is 9.45. The highest BCUT2D eigenvalue weighted by Crippen LogP contribution is 2.07. The van der Waals surface area contributed by atoms with Crippen LogP contribution < -0.4 is 5.32 Å². The molecule has 2 aromatic rings. The molecular formula is C12H13F2N3. The predicted molar refractivity (Wildman–Crippen MR) is 60.1 cm³/mol. The first-order valence-electron chi connectivity index (χ1n) is 5.27. The molecule has 90 valence electrons. The molecule has 0 saturated carbocycles. The van der Waals surface area contributed by atoms with E-state index in [1.165, 1.54) is 12.1 Å². The molecule has 3 nitrogen and oxygen atoms in total. The lowest BCUT2D eigenvalue weighted by Crippen LogP contribution is -2.15. The van der Waals surface area contributed by atoms with Crippen LogP contribution in [0.1, 0.15) is 11.4 Å². The fourth-order valence-corrected chi connectivity index (χ4v) is 1.60. The van der Waals surface area contributed by atoms with Crippen molar-refractivity contribution in [1.29, 1.82) is 0 Å². The third-order valence-electron chi connectivity index (χ3n) is 2.46. The molecule has 0 fully saturated rings. The quantitative estimate of drug-likeness (QED) is 0.881. The minimum Gasteiger partial charge on any atom is -0.337 e. The molecule has 0 aliphatic heterocycles. The number of nitrogens with one attached hydrogen (secondary N) is 1. The van der Waals surface area contributed by atoms with Gasteiger partial charge in [0.25, 0.3) is 0 Å². The van der Waals surface area contributed by atoms with Crippen molar-refractivity contribution in [2.45, 2.75) is 13.1 Å². The van der Waals surface area contributed by atoms with E-state index in [-0.39, 0.29) is 0 Å². The summed E-state index contributed by atoms with van der Waals surface area (Å²) in [6, 6.07) is 3.49. The molecule has 0 bridgehead atoms. The van der Waals surface area contributed by atoms with Gasteiger partial charge < -0.3 is 9.88 Å². The molecular weight excluding hydrogens is 224 g/mol. The van der Waals surface area contributed by atoms with Gasteiger partial charge in [-0.3, -0.25) is 0 Å².